The first kappa shape index (κ1) is 16.0. The van der Waals surface area contributed by atoms with Crippen molar-refractivity contribution in [2.45, 2.75) is 58.0 Å². The fraction of sp³-hybridized carbons (Fsp3) is 0.588. The molecule has 4 nitrogen and oxygen atoms in total. The number of carbonyl (C=O) groups is 1. The van der Waals surface area contributed by atoms with Crippen LogP contribution in [0.4, 0.5) is 0 Å². The highest BCUT2D eigenvalue weighted by atomic mass is 16.2. The van der Waals surface area contributed by atoms with E-state index in [1.54, 1.807) is 0 Å². The Morgan fingerprint density at radius 2 is 1.95 bits per heavy atom. The minimum absolute atomic E-state index is 0.152. The molecule has 1 atom stereocenters. The lowest BCUT2D eigenvalue weighted by atomic mass is 10.1. The first-order valence-electron chi connectivity index (χ1n) is 8.04. The van der Waals surface area contributed by atoms with Gasteiger partial charge in [0.05, 0.1) is 6.42 Å². The Labute approximate surface area is 127 Å². The Bertz CT molecular complexity index is 444. The molecule has 0 aliphatic carbocycles. The van der Waals surface area contributed by atoms with Gasteiger partial charge in [0.25, 0.3) is 0 Å². The van der Waals surface area contributed by atoms with Crippen LogP contribution in [0.15, 0.2) is 24.3 Å². The summed E-state index contributed by atoms with van der Waals surface area (Å²) in [6.07, 6.45) is 6.94. The molecule has 0 saturated carbocycles. The number of benzene rings is 1. The summed E-state index contributed by atoms with van der Waals surface area (Å²) in [6.45, 7) is 4.51. The monoisotopic (exact) mass is 289 g/mol. The number of hydrogen-bond donors (Lipinski definition) is 2. The van der Waals surface area contributed by atoms with Gasteiger partial charge in [0.2, 0.25) is 5.91 Å². The lowest BCUT2D eigenvalue weighted by Crippen LogP contribution is -2.33. The van der Waals surface area contributed by atoms with Crippen LogP contribution in [0.25, 0.3) is 0 Å². The van der Waals surface area contributed by atoms with Gasteiger partial charge in [-0.2, -0.15) is 0 Å². The van der Waals surface area contributed by atoms with E-state index in [0.717, 1.165) is 18.2 Å². The van der Waals surface area contributed by atoms with Gasteiger partial charge >= 0.3 is 0 Å². The Morgan fingerprint density at radius 1 is 1.24 bits per heavy atom. The summed E-state index contributed by atoms with van der Waals surface area (Å²) >= 11 is 0. The second-order valence-electron chi connectivity index (χ2n) is 5.94. The standard InChI is InChI=1S/C17H27N3O/c1-2-16-6-4-3-5-11-20(16)13-15-9-7-14(8-10-15)12-17(21)19-18/h7-10,16H,2-6,11-13,18H2,1H3,(H,19,21). The van der Waals surface area contributed by atoms with Crippen molar-refractivity contribution in [1.82, 2.24) is 10.3 Å². The summed E-state index contributed by atoms with van der Waals surface area (Å²) in [5.41, 5.74) is 4.50. The van der Waals surface area contributed by atoms with E-state index in [9.17, 15) is 4.79 Å². The largest absolute Gasteiger partial charge is 0.296 e. The first-order chi connectivity index (χ1) is 10.2. The number of likely N-dealkylation sites (tertiary alicyclic amines) is 1. The summed E-state index contributed by atoms with van der Waals surface area (Å²) in [5.74, 6) is 4.96. The van der Waals surface area contributed by atoms with E-state index < -0.39 is 0 Å². The predicted molar refractivity (Wildman–Crippen MR) is 85.4 cm³/mol. The summed E-state index contributed by atoms with van der Waals surface area (Å²) in [5, 5.41) is 0. The van der Waals surface area contributed by atoms with Crippen LogP contribution in [-0.2, 0) is 17.8 Å². The average molecular weight is 289 g/mol. The number of nitrogens with zero attached hydrogens (tertiary/aromatic N) is 1. The van der Waals surface area contributed by atoms with Crippen LogP contribution >= 0.6 is 0 Å². The zero-order chi connectivity index (χ0) is 15.1. The molecular formula is C17H27N3O. The van der Waals surface area contributed by atoms with Gasteiger partial charge in [-0.3, -0.25) is 15.1 Å². The Balaban J connectivity index is 1.96. The molecule has 1 saturated heterocycles. The van der Waals surface area contributed by atoms with Crippen LogP contribution in [0.2, 0.25) is 0 Å². The van der Waals surface area contributed by atoms with Gasteiger partial charge in [-0.25, -0.2) is 5.84 Å². The van der Waals surface area contributed by atoms with Crippen molar-refractivity contribution in [3.63, 3.8) is 0 Å². The SMILES string of the molecule is CCC1CCCCCN1Cc1ccc(CC(=O)NN)cc1. The quantitative estimate of drug-likeness (QED) is 0.497. The maximum absolute atomic E-state index is 11.3. The number of amides is 1. The second-order valence-corrected chi connectivity index (χ2v) is 5.94. The fourth-order valence-electron chi connectivity index (χ4n) is 3.14. The Hall–Kier alpha value is -1.39. The fourth-order valence-corrected chi connectivity index (χ4v) is 3.14. The van der Waals surface area contributed by atoms with Gasteiger partial charge in [0.15, 0.2) is 0 Å². The number of hydrazine groups is 1. The average Bonchev–Trinajstić information content (AvgIpc) is 2.74. The molecule has 4 heteroatoms. The highest BCUT2D eigenvalue weighted by Crippen LogP contribution is 2.21. The molecule has 1 aromatic rings. The van der Waals surface area contributed by atoms with E-state index in [2.05, 4.69) is 29.4 Å². The molecule has 1 fully saturated rings. The molecule has 1 heterocycles. The molecule has 21 heavy (non-hydrogen) atoms. The van der Waals surface area contributed by atoms with Crippen LogP contribution in [0, 0.1) is 0 Å². The van der Waals surface area contributed by atoms with E-state index in [-0.39, 0.29) is 5.91 Å². The maximum atomic E-state index is 11.3. The second kappa shape index (κ2) is 8.15. The smallest absolute Gasteiger partial charge is 0.238 e. The molecule has 2 rings (SSSR count). The molecule has 1 aliphatic heterocycles. The van der Waals surface area contributed by atoms with Crippen molar-refractivity contribution in [3.8, 4) is 0 Å². The summed E-state index contributed by atoms with van der Waals surface area (Å²) in [6, 6.07) is 9.05. The molecule has 1 unspecified atom stereocenters. The molecule has 1 aromatic carbocycles. The topological polar surface area (TPSA) is 58.4 Å². The number of carbonyl (C=O) groups excluding carboxylic acids is 1. The number of hydrogen-bond acceptors (Lipinski definition) is 3. The molecule has 116 valence electrons. The maximum Gasteiger partial charge on any atom is 0.238 e. The van der Waals surface area contributed by atoms with E-state index in [1.807, 2.05) is 12.1 Å². The van der Waals surface area contributed by atoms with Crippen molar-refractivity contribution in [2.75, 3.05) is 6.54 Å². The number of rotatable bonds is 5. The van der Waals surface area contributed by atoms with Crippen LogP contribution in [0.5, 0.6) is 0 Å². The van der Waals surface area contributed by atoms with Crippen molar-refractivity contribution < 1.29 is 4.79 Å². The highest BCUT2D eigenvalue weighted by molar-refractivity contribution is 5.77. The normalized spacial score (nSPS) is 20.0. The third-order valence-electron chi connectivity index (χ3n) is 4.40. The predicted octanol–water partition coefficient (Wildman–Crippen LogP) is 2.37. The molecule has 0 bridgehead atoms. The zero-order valence-corrected chi connectivity index (χ0v) is 13.0. The lowest BCUT2D eigenvalue weighted by molar-refractivity contribution is -0.120. The Morgan fingerprint density at radius 3 is 2.62 bits per heavy atom. The van der Waals surface area contributed by atoms with E-state index in [1.165, 1.54) is 44.2 Å². The molecule has 0 aromatic heterocycles. The molecule has 0 radical (unpaired) electrons. The minimum Gasteiger partial charge on any atom is -0.296 e. The Kier molecular flexibility index (Phi) is 6.21. The number of nitrogens with two attached hydrogens (primary N) is 1. The summed E-state index contributed by atoms with van der Waals surface area (Å²) in [4.78, 5) is 13.9. The van der Waals surface area contributed by atoms with Gasteiger partial charge in [-0.1, -0.05) is 44.0 Å². The third-order valence-corrected chi connectivity index (χ3v) is 4.40. The zero-order valence-electron chi connectivity index (χ0n) is 13.0. The van der Waals surface area contributed by atoms with E-state index in [4.69, 9.17) is 5.84 Å². The molecule has 1 aliphatic rings. The molecule has 1 amide bonds. The van der Waals surface area contributed by atoms with Crippen molar-refractivity contribution in [1.29, 1.82) is 0 Å². The molecule has 3 N–H and O–H groups in total. The van der Waals surface area contributed by atoms with Crippen molar-refractivity contribution in [3.05, 3.63) is 35.4 Å². The lowest BCUT2D eigenvalue weighted by Gasteiger charge is -2.29. The molecular weight excluding hydrogens is 262 g/mol. The van der Waals surface area contributed by atoms with Crippen molar-refractivity contribution >= 4 is 5.91 Å². The highest BCUT2D eigenvalue weighted by Gasteiger charge is 2.19. The third kappa shape index (κ3) is 4.83. The minimum atomic E-state index is -0.152. The number of nitrogens with one attached hydrogen (secondary N) is 1. The first-order valence-corrected chi connectivity index (χ1v) is 8.04. The van der Waals surface area contributed by atoms with E-state index >= 15 is 0 Å². The van der Waals surface area contributed by atoms with Crippen LogP contribution in [0.3, 0.4) is 0 Å². The van der Waals surface area contributed by atoms with Gasteiger partial charge in [0.1, 0.15) is 0 Å². The van der Waals surface area contributed by atoms with Crippen LogP contribution < -0.4 is 11.3 Å². The van der Waals surface area contributed by atoms with Gasteiger partial charge in [0, 0.05) is 12.6 Å². The van der Waals surface area contributed by atoms with E-state index in [0.29, 0.717) is 6.42 Å². The van der Waals surface area contributed by atoms with Crippen LogP contribution in [-0.4, -0.2) is 23.4 Å². The van der Waals surface area contributed by atoms with Crippen molar-refractivity contribution in [2.24, 2.45) is 5.84 Å². The molecule has 0 spiro atoms. The van der Waals surface area contributed by atoms with Gasteiger partial charge in [-0.05, 0) is 36.9 Å². The van der Waals surface area contributed by atoms with Gasteiger partial charge < -0.3 is 0 Å². The van der Waals surface area contributed by atoms with Crippen LogP contribution in [0.1, 0.15) is 50.2 Å². The summed E-state index contributed by atoms with van der Waals surface area (Å²) < 4.78 is 0. The summed E-state index contributed by atoms with van der Waals surface area (Å²) in [7, 11) is 0. The van der Waals surface area contributed by atoms with Gasteiger partial charge in [-0.15, -0.1) is 0 Å².